The molecule has 1 saturated carbocycles. The number of carboxylic acid groups (broad SMARTS) is 1. The van der Waals surface area contributed by atoms with Gasteiger partial charge in [0.1, 0.15) is 6.04 Å². The average Bonchev–Trinajstić information content (AvgIpc) is 3.19. The van der Waals surface area contributed by atoms with Crippen LogP contribution in [0, 0.1) is 5.92 Å². The molecule has 0 aromatic heterocycles. The molecule has 2 aromatic rings. The number of hydrogen-bond donors (Lipinski definition) is 3. The molecule has 2 aromatic carbocycles. The van der Waals surface area contributed by atoms with Crippen molar-refractivity contribution >= 4 is 27.7 Å². The van der Waals surface area contributed by atoms with Crippen LogP contribution in [0.2, 0.25) is 0 Å². The Morgan fingerprint density at radius 3 is 2.28 bits per heavy atom. The quantitative estimate of drug-likeness (QED) is 0.496. The van der Waals surface area contributed by atoms with Gasteiger partial charge in [-0.25, -0.2) is 13.2 Å². The second kappa shape index (κ2) is 11.1. The lowest BCUT2D eigenvalue weighted by molar-refractivity contribution is -0.135. The van der Waals surface area contributed by atoms with Crippen molar-refractivity contribution in [2.45, 2.75) is 55.1 Å². The molecular weight excluding hydrogens is 482 g/mol. The van der Waals surface area contributed by atoms with Crippen LogP contribution >= 0.6 is 0 Å². The predicted octanol–water partition coefficient (Wildman–Crippen LogP) is 2.23. The number of likely N-dealkylation sites (tertiary alicyclic amines) is 1. The zero-order valence-electron chi connectivity index (χ0n) is 19.9. The van der Waals surface area contributed by atoms with Crippen molar-refractivity contribution in [3.63, 3.8) is 0 Å². The van der Waals surface area contributed by atoms with Gasteiger partial charge < -0.3 is 20.6 Å². The minimum atomic E-state index is -3.64. The van der Waals surface area contributed by atoms with Gasteiger partial charge >= 0.3 is 6.09 Å². The molecule has 3 N–H and O–H groups in total. The molecule has 2 aliphatic rings. The summed E-state index contributed by atoms with van der Waals surface area (Å²) in [6, 6.07) is 16.0. The van der Waals surface area contributed by atoms with E-state index in [1.807, 2.05) is 30.3 Å². The van der Waals surface area contributed by atoms with Crippen molar-refractivity contribution < 1.29 is 27.9 Å². The van der Waals surface area contributed by atoms with Crippen molar-refractivity contribution in [3.05, 3.63) is 66.2 Å². The number of nitrogens with one attached hydrogen (secondary N) is 2. The molecule has 3 amide bonds. The molecule has 0 bridgehead atoms. The zero-order chi connectivity index (χ0) is 25.7. The lowest BCUT2D eigenvalue weighted by Crippen LogP contribution is -2.52. The summed E-state index contributed by atoms with van der Waals surface area (Å²) < 4.78 is 26.3. The van der Waals surface area contributed by atoms with Crippen LogP contribution in [0.4, 0.5) is 4.79 Å². The Morgan fingerprint density at radius 1 is 0.944 bits per heavy atom. The molecule has 36 heavy (non-hydrogen) atoms. The van der Waals surface area contributed by atoms with Gasteiger partial charge in [-0.15, -0.1) is 0 Å². The van der Waals surface area contributed by atoms with Crippen LogP contribution in [0.5, 0.6) is 0 Å². The first kappa shape index (κ1) is 25.7. The first-order chi connectivity index (χ1) is 17.2. The highest BCUT2D eigenvalue weighted by Crippen LogP contribution is 2.34. The molecule has 0 spiro atoms. The molecule has 1 saturated heterocycles. The lowest BCUT2D eigenvalue weighted by atomic mass is 9.81. The van der Waals surface area contributed by atoms with Gasteiger partial charge in [0.15, 0.2) is 9.84 Å². The van der Waals surface area contributed by atoms with Crippen molar-refractivity contribution in [3.8, 4) is 0 Å². The van der Waals surface area contributed by atoms with Gasteiger partial charge in [0, 0.05) is 18.6 Å². The highest BCUT2D eigenvalue weighted by Gasteiger charge is 2.43. The summed E-state index contributed by atoms with van der Waals surface area (Å²) >= 11 is 0. The highest BCUT2D eigenvalue weighted by molar-refractivity contribution is 7.91. The number of sulfone groups is 1. The first-order valence-electron chi connectivity index (χ1n) is 12.1. The molecule has 2 unspecified atom stereocenters. The minimum Gasteiger partial charge on any atom is -0.465 e. The van der Waals surface area contributed by atoms with Gasteiger partial charge in [-0.2, -0.15) is 0 Å². The summed E-state index contributed by atoms with van der Waals surface area (Å²) in [6.07, 6.45) is 0.780. The van der Waals surface area contributed by atoms with Gasteiger partial charge in [-0.3, -0.25) is 9.59 Å². The third-order valence-corrected chi connectivity index (χ3v) is 8.85. The molecular formula is C26H31N3O6S. The SMILES string of the molecule is O=C(O)NC1CC[C@H](N2CCC(NC(=O)Cc3ccccc3)C2=O)[C@H](CS(=O)(=O)c2ccccc2)C1. The molecule has 0 radical (unpaired) electrons. The van der Waals surface area contributed by atoms with Crippen LogP contribution in [-0.2, 0) is 25.8 Å². The largest absolute Gasteiger partial charge is 0.465 e. The van der Waals surface area contributed by atoms with Crippen LogP contribution < -0.4 is 10.6 Å². The van der Waals surface area contributed by atoms with Crippen molar-refractivity contribution in [1.82, 2.24) is 15.5 Å². The molecule has 9 nitrogen and oxygen atoms in total. The van der Waals surface area contributed by atoms with Crippen molar-refractivity contribution in [2.24, 2.45) is 5.92 Å². The Hall–Kier alpha value is -3.40. The Kier molecular flexibility index (Phi) is 7.93. The maximum absolute atomic E-state index is 13.3. The van der Waals surface area contributed by atoms with Crippen LogP contribution in [-0.4, -0.2) is 66.8 Å². The van der Waals surface area contributed by atoms with Gasteiger partial charge in [-0.1, -0.05) is 48.5 Å². The minimum absolute atomic E-state index is 0.175. The van der Waals surface area contributed by atoms with Crippen molar-refractivity contribution in [2.75, 3.05) is 12.3 Å². The number of hydrogen-bond acceptors (Lipinski definition) is 5. The molecule has 1 aliphatic heterocycles. The van der Waals surface area contributed by atoms with E-state index in [0.29, 0.717) is 32.2 Å². The van der Waals surface area contributed by atoms with E-state index in [2.05, 4.69) is 10.6 Å². The molecule has 4 atom stereocenters. The zero-order valence-corrected chi connectivity index (χ0v) is 20.7. The Morgan fingerprint density at radius 2 is 1.61 bits per heavy atom. The number of carbonyl (C=O) groups excluding carboxylic acids is 2. The number of nitrogens with zero attached hydrogens (tertiary/aromatic N) is 1. The number of benzene rings is 2. The second-order valence-electron chi connectivity index (χ2n) is 9.48. The van der Waals surface area contributed by atoms with E-state index in [-0.39, 0.29) is 41.0 Å². The van der Waals surface area contributed by atoms with Gasteiger partial charge in [0.2, 0.25) is 11.8 Å². The van der Waals surface area contributed by atoms with Crippen LogP contribution in [0.25, 0.3) is 0 Å². The van der Waals surface area contributed by atoms with Gasteiger partial charge in [0.05, 0.1) is 17.1 Å². The maximum atomic E-state index is 13.3. The van der Waals surface area contributed by atoms with Crippen LogP contribution in [0.15, 0.2) is 65.6 Å². The lowest BCUT2D eigenvalue weighted by Gasteiger charge is -2.41. The van der Waals surface area contributed by atoms with Crippen LogP contribution in [0.3, 0.4) is 0 Å². The standard InChI is InChI=1S/C26H31N3O6S/c30-24(15-18-7-3-1-4-8-18)28-22-13-14-29(25(22)31)23-12-11-20(27-26(32)33)16-19(23)17-36(34,35)21-9-5-2-6-10-21/h1-10,19-20,22-23,27H,11-17H2,(H,28,30)(H,32,33)/t19-,20?,22?,23-/m0/s1. The van der Waals surface area contributed by atoms with E-state index in [1.165, 1.54) is 0 Å². The Labute approximate surface area is 210 Å². The van der Waals surface area contributed by atoms with E-state index in [9.17, 15) is 27.9 Å². The smallest absolute Gasteiger partial charge is 0.404 e. The summed E-state index contributed by atoms with van der Waals surface area (Å²) in [5, 5.41) is 14.5. The topological polar surface area (TPSA) is 133 Å². The van der Waals surface area contributed by atoms with E-state index >= 15 is 0 Å². The molecule has 2 fully saturated rings. The normalized spacial score (nSPS) is 24.3. The van der Waals surface area contributed by atoms with Gasteiger partial charge in [0.25, 0.3) is 0 Å². The molecule has 4 rings (SSSR count). The number of carbonyl (C=O) groups is 3. The molecule has 1 heterocycles. The van der Waals surface area contributed by atoms with Gasteiger partial charge in [-0.05, 0) is 49.3 Å². The summed E-state index contributed by atoms with van der Waals surface area (Å²) in [4.78, 5) is 38.9. The molecule has 192 valence electrons. The fourth-order valence-corrected chi connectivity index (χ4v) is 7.03. The number of amides is 3. The fraction of sp³-hybridized carbons (Fsp3) is 0.423. The number of rotatable bonds is 8. The highest BCUT2D eigenvalue weighted by atomic mass is 32.2. The van der Waals surface area contributed by atoms with E-state index in [4.69, 9.17) is 0 Å². The second-order valence-corrected chi connectivity index (χ2v) is 11.5. The first-order valence-corrected chi connectivity index (χ1v) is 13.8. The summed E-state index contributed by atoms with van der Waals surface area (Å²) in [7, 11) is -3.64. The predicted molar refractivity (Wildman–Crippen MR) is 133 cm³/mol. The third kappa shape index (κ3) is 6.23. The third-order valence-electron chi connectivity index (χ3n) is 6.99. The van der Waals surface area contributed by atoms with E-state index in [0.717, 1.165) is 5.56 Å². The van der Waals surface area contributed by atoms with Crippen molar-refractivity contribution in [1.29, 1.82) is 0 Å². The Balaban J connectivity index is 1.46. The summed E-state index contributed by atoms with van der Waals surface area (Å²) in [6.45, 7) is 0.415. The fourth-order valence-electron chi connectivity index (χ4n) is 5.34. The van der Waals surface area contributed by atoms with E-state index in [1.54, 1.807) is 35.2 Å². The maximum Gasteiger partial charge on any atom is 0.404 e. The average molecular weight is 514 g/mol. The molecule has 10 heteroatoms. The molecule has 1 aliphatic carbocycles. The van der Waals surface area contributed by atoms with E-state index < -0.39 is 27.9 Å². The monoisotopic (exact) mass is 513 g/mol. The van der Waals surface area contributed by atoms with Crippen LogP contribution in [0.1, 0.15) is 31.2 Å². The summed E-state index contributed by atoms with van der Waals surface area (Å²) in [5.41, 5.74) is 0.854. The summed E-state index contributed by atoms with van der Waals surface area (Å²) in [5.74, 6) is -1.08. The Bertz CT molecular complexity index is 1190.